The molecule has 1 atom stereocenters. The lowest BCUT2D eigenvalue weighted by molar-refractivity contribution is -0.0284. The summed E-state index contributed by atoms with van der Waals surface area (Å²) >= 11 is 0. The molecule has 2 heterocycles. The first-order chi connectivity index (χ1) is 16.5. The van der Waals surface area contributed by atoms with Crippen molar-refractivity contribution in [1.29, 1.82) is 0 Å². The molecule has 34 heavy (non-hydrogen) atoms. The van der Waals surface area contributed by atoms with Gasteiger partial charge < -0.3 is 9.47 Å². The summed E-state index contributed by atoms with van der Waals surface area (Å²) in [7, 11) is 0. The number of carbonyl (C=O) groups excluding carboxylic acids is 1. The highest BCUT2D eigenvalue weighted by Gasteiger charge is 2.26. The van der Waals surface area contributed by atoms with Crippen molar-refractivity contribution in [1.82, 2.24) is 9.88 Å². The fourth-order valence-electron chi connectivity index (χ4n) is 4.16. The Morgan fingerprint density at radius 1 is 1.00 bits per heavy atom. The summed E-state index contributed by atoms with van der Waals surface area (Å²) in [5, 5.41) is 0. The van der Waals surface area contributed by atoms with Crippen LogP contribution in [0.15, 0.2) is 66.7 Å². The van der Waals surface area contributed by atoms with Gasteiger partial charge in [-0.2, -0.15) is 0 Å². The zero-order valence-corrected chi connectivity index (χ0v) is 19.1. The highest BCUT2D eigenvalue weighted by Crippen LogP contribution is 2.31. The van der Waals surface area contributed by atoms with Gasteiger partial charge in [0.15, 0.2) is 11.6 Å². The van der Waals surface area contributed by atoms with Crippen LogP contribution in [0.25, 0.3) is 0 Å². The molecule has 0 spiro atoms. The zero-order chi connectivity index (χ0) is 23.9. The first kappa shape index (κ1) is 24.0. The summed E-state index contributed by atoms with van der Waals surface area (Å²) in [5.41, 5.74) is 2.62. The van der Waals surface area contributed by atoms with Gasteiger partial charge in [0.05, 0.1) is 18.4 Å². The Morgan fingerprint density at radius 3 is 2.47 bits per heavy atom. The summed E-state index contributed by atoms with van der Waals surface area (Å²) in [6, 6.07) is 18.9. The fraction of sp³-hybridized carbons (Fsp3) is 0.333. The van der Waals surface area contributed by atoms with Gasteiger partial charge in [-0.25, -0.2) is 18.6 Å². The number of nitrogens with zero attached hydrogens (tertiary/aromatic N) is 2. The van der Waals surface area contributed by atoms with E-state index in [9.17, 15) is 13.6 Å². The number of hydrogen-bond donors (Lipinski definition) is 0. The van der Waals surface area contributed by atoms with E-state index in [1.165, 1.54) is 6.07 Å². The van der Waals surface area contributed by atoms with Crippen LogP contribution in [0.1, 0.15) is 53.2 Å². The van der Waals surface area contributed by atoms with Gasteiger partial charge in [-0.3, -0.25) is 4.90 Å². The van der Waals surface area contributed by atoms with E-state index in [0.29, 0.717) is 24.4 Å². The third kappa shape index (κ3) is 6.04. The van der Waals surface area contributed by atoms with Crippen LogP contribution >= 0.6 is 0 Å². The second-order valence-corrected chi connectivity index (χ2v) is 8.31. The molecule has 0 radical (unpaired) electrons. The van der Waals surface area contributed by atoms with Gasteiger partial charge in [-0.05, 0) is 55.2 Å². The third-order valence-electron chi connectivity index (χ3n) is 5.89. The number of benzene rings is 2. The predicted octanol–water partition coefficient (Wildman–Crippen LogP) is 5.31. The molecule has 2 aromatic carbocycles. The van der Waals surface area contributed by atoms with E-state index in [1.54, 1.807) is 19.1 Å². The molecule has 7 heteroatoms. The van der Waals surface area contributed by atoms with Crippen molar-refractivity contribution in [3.63, 3.8) is 0 Å². The second-order valence-electron chi connectivity index (χ2n) is 8.31. The lowest BCUT2D eigenvalue weighted by Crippen LogP contribution is -2.37. The van der Waals surface area contributed by atoms with Crippen molar-refractivity contribution in [2.24, 2.45) is 0 Å². The van der Waals surface area contributed by atoms with E-state index in [4.69, 9.17) is 9.47 Å². The minimum absolute atomic E-state index is 0.0200. The number of halogens is 2. The van der Waals surface area contributed by atoms with Crippen molar-refractivity contribution >= 4 is 5.97 Å². The molecule has 1 aliphatic heterocycles. The predicted molar refractivity (Wildman–Crippen MR) is 124 cm³/mol. The Hall–Kier alpha value is -3.16. The molecule has 1 aromatic heterocycles. The molecule has 1 unspecified atom stereocenters. The molecule has 3 aromatic rings. The summed E-state index contributed by atoms with van der Waals surface area (Å²) in [5.74, 6) is -2.17. The molecule has 1 saturated heterocycles. The molecule has 0 saturated carbocycles. The van der Waals surface area contributed by atoms with Crippen LogP contribution in [-0.4, -0.2) is 41.7 Å². The lowest BCUT2D eigenvalue weighted by Gasteiger charge is -2.34. The van der Waals surface area contributed by atoms with Gasteiger partial charge in [-0.1, -0.05) is 42.5 Å². The molecule has 1 fully saturated rings. The maximum absolute atomic E-state index is 13.9. The normalized spacial score (nSPS) is 15.7. The molecule has 0 bridgehead atoms. The van der Waals surface area contributed by atoms with Gasteiger partial charge >= 0.3 is 5.97 Å². The Morgan fingerprint density at radius 2 is 1.76 bits per heavy atom. The molecule has 0 aliphatic carbocycles. The maximum atomic E-state index is 13.9. The van der Waals surface area contributed by atoms with Gasteiger partial charge in [0.2, 0.25) is 0 Å². The fourth-order valence-corrected chi connectivity index (χ4v) is 4.16. The van der Waals surface area contributed by atoms with Gasteiger partial charge in [0, 0.05) is 19.6 Å². The summed E-state index contributed by atoms with van der Waals surface area (Å²) < 4.78 is 38.9. The van der Waals surface area contributed by atoms with Crippen LogP contribution in [0.5, 0.6) is 0 Å². The Bertz CT molecular complexity index is 1100. The van der Waals surface area contributed by atoms with E-state index in [-0.39, 0.29) is 6.10 Å². The number of rotatable bonds is 8. The zero-order valence-electron chi connectivity index (χ0n) is 19.1. The number of aromatic nitrogens is 1. The first-order valence-corrected chi connectivity index (χ1v) is 11.5. The summed E-state index contributed by atoms with van der Waals surface area (Å²) in [6.45, 7) is 4.31. The smallest absolute Gasteiger partial charge is 0.356 e. The van der Waals surface area contributed by atoms with Crippen molar-refractivity contribution in [2.75, 3.05) is 19.7 Å². The highest BCUT2D eigenvalue weighted by atomic mass is 19.2. The lowest BCUT2D eigenvalue weighted by atomic mass is 9.99. The number of likely N-dealkylation sites (tertiary alicyclic amines) is 1. The van der Waals surface area contributed by atoms with Crippen molar-refractivity contribution in [3.8, 4) is 0 Å². The third-order valence-corrected chi connectivity index (χ3v) is 5.89. The van der Waals surface area contributed by atoms with Crippen LogP contribution in [0, 0.1) is 11.6 Å². The van der Waals surface area contributed by atoms with Crippen LogP contribution in [0.3, 0.4) is 0 Å². The van der Waals surface area contributed by atoms with Gasteiger partial charge in [-0.15, -0.1) is 0 Å². The highest BCUT2D eigenvalue weighted by molar-refractivity contribution is 5.87. The minimum Gasteiger partial charge on any atom is -0.461 e. The number of carbonyl (C=O) groups is 1. The van der Waals surface area contributed by atoms with Crippen molar-refractivity contribution in [2.45, 2.75) is 38.5 Å². The average Bonchev–Trinajstić information content (AvgIpc) is 2.86. The monoisotopic (exact) mass is 466 g/mol. The molecule has 178 valence electrons. The number of hydrogen-bond acceptors (Lipinski definition) is 5. The van der Waals surface area contributed by atoms with Crippen LogP contribution in [0.4, 0.5) is 8.78 Å². The van der Waals surface area contributed by atoms with E-state index in [0.717, 1.165) is 43.3 Å². The quantitative estimate of drug-likeness (QED) is 0.422. The van der Waals surface area contributed by atoms with Crippen LogP contribution < -0.4 is 0 Å². The van der Waals surface area contributed by atoms with E-state index in [2.05, 4.69) is 9.88 Å². The van der Waals surface area contributed by atoms with Gasteiger partial charge in [0.1, 0.15) is 11.8 Å². The second kappa shape index (κ2) is 11.3. The molecular formula is C27H28F2N2O3. The van der Waals surface area contributed by atoms with E-state index in [1.807, 2.05) is 42.5 Å². The largest absolute Gasteiger partial charge is 0.461 e. The van der Waals surface area contributed by atoms with E-state index < -0.39 is 23.7 Å². The Kier molecular flexibility index (Phi) is 7.98. The van der Waals surface area contributed by atoms with E-state index >= 15 is 0 Å². The van der Waals surface area contributed by atoms with Gasteiger partial charge in [0.25, 0.3) is 0 Å². The summed E-state index contributed by atoms with van der Waals surface area (Å²) in [6.07, 6.45) is 1.10. The van der Waals surface area contributed by atoms with Crippen LogP contribution in [-0.2, 0) is 16.0 Å². The summed E-state index contributed by atoms with van der Waals surface area (Å²) in [4.78, 5) is 18.7. The topological polar surface area (TPSA) is 51.7 Å². The SMILES string of the molecule is CCOC(=O)c1cccc(CN2CCC(OC(c3ccccc3)c3ccc(F)c(F)c3)CC2)n1. The first-order valence-electron chi connectivity index (χ1n) is 11.5. The Labute approximate surface area is 198 Å². The minimum atomic E-state index is -0.880. The van der Waals surface area contributed by atoms with Crippen LogP contribution in [0.2, 0.25) is 0 Å². The number of pyridine rings is 1. The number of esters is 1. The van der Waals surface area contributed by atoms with Crippen molar-refractivity contribution in [3.05, 3.63) is 101 Å². The number of ether oxygens (including phenoxy) is 2. The maximum Gasteiger partial charge on any atom is 0.356 e. The standard InChI is InChI=1S/C27H28F2N2O3/c1-2-33-27(32)25-10-6-9-21(30-25)18-31-15-13-22(14-16-31)34-26(19-7-4-3-5-8-19)20-11-12-23(28)24(29)17-20/h3-12,17,22,26H,2,13-16,18H2,1H3. The molecular weight excluding hydrogens is 438 g/mol. The molecule has 5 nitrogen and oxygen atoms in total. The molecule has 0 N–H and O–H groups in total. The molecule has 4 rings (SSSR count). The number of piperidine rings is 1. The molecule has 0 amide bonds. The average molecular weight is 467 g/mol. The Balaban J connectivity index is 1.39. The van der Waals surface area contributed by atoms with Crippen molar-refractivity contribution < 1.29 is 23.0 Å². The molecule has 1 aliphatic rings.